The van der Waals surface area contributed by atoms with E-state index in [2.05, 4.69) is 4.98 Å². The number of hydrogen-bond donors (Lipinski definition) is 0. The van der Waals surface area contributed by atoms with E-state index in [-0.39, 0.29) is 16.6 Å². The summed E-state index contributed by atoms with van der Waals surface area (Å²) in [6.45, 7) is 13.5. The van der Waals surface area contributed by atoms with Gasteiger partial charge in [0.2, 0.25) is 5.13 Å². The minimum Gasteiger partial charge on any atom is -0.462 e. The van der Waals surface area contributed by atoms with Crippen LogP contribution < -0.4 is 4.90 Å². The molecule has 0 atom stereocenters. The highest BCUT2D eigenvalue weighted by Gasteiger charge is 2.35. The van der Waals surface area contributed by atoms with E-state index in [4.69, 9.17) is 14.2 Å². The standard InChI is InChI=1S/C17H26N2O6S/c1-9-23-12(20)11-10(2)18-13(26-11)19(14(21)24-16(3,4)5)15(22)25-17(6,7)8/h9H2,1-8H3. The highest BCUT2D eigenvalue weighted by Crippen LogP contribution is 2.29. The van der Waals surface area contributed by atoms with Crippen LogP contribution >= 0.6 is 11.3 Å². The number of esters is 1. The van der Waals surface area contributed by atoms with Gasteiger partial charge in [-0.05, 0) is 55.4 Å². The summed E-state index contributed by atoms with van der Waals surface area (Å²) in [6.07, 6.45) is -1.87. The van der Waals surface area contributed by atoms with Gasteiger partial charge in [-0.1, -0.05) is 11.3 Å². The highest BCUT2D eigenvalue weighted by molar-refractivity contribution is 7.18. The van der Waals surface area contributed by atoms with Crippen LogP contribution in [0.2, 0.25) is 0 Å². The molecule has 1 aromatic rings. The van der Waals surface area contributed by atoms with Crippen LogP contribution in [0.1, 0.15) is 63.8 Å². The number of aromatic nitrogens is 1. The summed E-state index contributed by atoms with van der Waals surface area (Å²) in [5.74, 6) is -0.568. The highest BCUT2D eigenvalue weighted by atomic mass is 32.1. The van der Waals surface area contributed by atoms with Gasteiger partial charge in [-0.25, -0.2) is 19.4 Å². The molecule has 8 nitrogen and oxygen atoms in total. The van der Waals surface area contributed by atoms with Gasteiger partial charge < -0.3 is 14.2 Å². The Kier molecular flexibility index (Phi) is 6.76. The van der Waals surface area contributed by atoms with E-state index in [1.807, 2.05) is 0 Å². The molecular weight excluding hydrogens is 360 g/mol. The Morgan fingerprint density at radius 2 is 1.46 bits per heavy atom. The zero-order chi connectivity index (χ0) is 20.3. The largest absolute Gasteiger partial charge is 0.462 e. The molecule has 0 saturated heterocycles. The number of thiazole rings is 1. The molecule has 0 aliphatic rings. The summed E-state index contributed by atoms with van der Waals surface area (Å²) in [6, 6.07) is 0. The van der Waals surface area contributed by atoms with E-state index in [1.165, 1.54) is 0 Å². The van der Waals surface area contributed by atoms with Crippen molar-refractivity contribution in [2.45, 2.75) is 66.6 Å². The molecule has 1 aromatic heterocycles. The van der Waals surface area contributed by atoms with Crippen molar-refractivity contribution in [1.29, 1.82) is 0 Å². The molecule has 0 N–H and O–H groups in total. The quantitative estimate of drug-likeness (QED) is 0.564. The SMILES string of the molecule is CCOC(=O)c1sc(N(C(=O)OC(C)(C)C)C(=O)OC(C)(C)C)nc1C. The monoisotopic (exact) mass is 386 g/mol. The summed E-state index contributed by atoms with van der Waals surface area (Å²) in [5, 5.41) is -0.0194. The molecule has 0 saturated carbocycles. The first kappa shape index (κ1) is 21.9. The van der Waals surface area contributed by atoms with Crippen LogP contribution in [-0.2, 0) is 14.2 Å². The van der Waals surface area contributed by atoms with Gasteiger partial charge >= 0.3 is 18.2 Å². The number of carbonyl (C=O) groups excluding carboxylic acids is 3. The lowest BCUT2D eigenvalue weighted by atomic mass is 10.2. The fourth-order valence-electron chi connectivity index (χ4n) is 1.71. The molecule has 0 spiro atoms. The van der Waals surface area contributed by atoms with Crippen molar-refractivity contribution in [3.63, 3.8) is 0 Å². The Morgan fingerprint density at radius 1 is 1.00 bits per heavy atom. The molecule has 1 rings (SSSR count). The second-order valence-corrected chi connectivity index (χ2v) is 8.41. The number of ether oxygens (including phenoxy) is 3. The van der Waals surface area contributed by atoms with Crippen molar-refractivity contribution in [1.82, 2.24) is 4.98 Å². The lowest BCUT2D eigenvalue weighted by molar-refractivity contribution is 0.0428. The molecule has 146 valence electrons. The number of hydrogen-bond acceptors (Lipinski definition) is 8. The third-order valence-electron chi connectivity index (χ3n) is 2.59. The van der Waals surface area contributed by atoms with Crippen LogP contribution in [0.25, 0.3) is 0 Å². The van der Waals surface area contributed by atoms with Crippen LogP contribution in [-0.4, -0.2) is 40.9 Å². The van der Waals surface area contributed by atoms with Crippen molar-refractivity contribution in [3.05, 3.63) is 10.6 Å². The third kappa shape index (κ3) is 6.29. The maximum Gasteiger partial charge on any atom is 0.426 e. The number of anilines is 1. The normalized spacial score (nSPS) is 11.7. The fraction of sp³-hybridized carbons (Fsp3) is 0.647. The van der Waals surface area contributed by atoms with Crippen LogP contribution in [0.3, 0.4) is 0 Å². The molecule has 0 fully saturated rings. The molecule has 0 bridgehead atoms. The predicted molar refractivity (Wildman–Crippen MR) is 97.8 cm³/mol. The Hall–Kier alpha value is -2.16. The van der Waals surface area contributed by atoms with E-state index < -0.39 is 29.4 Å². The minimum absolute atomic E-state index is 0.0194. The van der Waals surface area contributed by atoms with Gasteiger partial charge in [0, 0.05) is 0 Å². The number of carbonyl (C=O) groups is 3. The van der Waals surface area contributed by atoms with Gasteiger partial charge in [0.1, 0.15) is 16.1 Å². The second-order valence-electron chi connectivity index (χ2n) is 7.43. The van der Waals surface area contributed by atoms with E-state index in [0.29, 0.717) is 10.6 Å². The zero-order valence-electron chi connectivity index (χ0n) is 16.5. The Morgan fingerprint density at radius 3 is 1.85 bits per heavy atom. The van der Waals surface area contributed by atoms with Crippen LogP contribution in [0, 0.1) is 6.92 Å². The molecule has 0 radical (unpaired) electrons. The van der Waals surface area contributed by atoms with Crippen molar-refractivity contribution in [2.75, 3.05) is 11.5 Å². The topological polar surface area (TPSA) is 95.0 Å². The molecule has 2 amide bonds. The fourth-order valence-corrected chi connectivity index (χ4v) is 2.65. The van der Waals surface area contributed by atoms with Crippen molar-refractivity contribution in [3.8, 4) is 0 Å². The Balaban J connectivity index is 3.28. The van der Waals surface area contributed by atoms with Crippen molar-refractivity contribution >= 4 is 34.6 Å². The van der Waals surface area contributed by atoms with Crippen molar-refractivity contribution < 1.29 is 28.6 Å². The third-order valence-corrected chi connectivity index (χ3v) is 3.71. The van der Waals surface area contributed by atoms with E-state index in [1.54, 1.807) is 55.4 Å². The average molecular weight is 386 g/mol. The number of amides is 2. The zero-order valence-corrected chi connectivity index (χ0v) is 17.3. The summed E-state index contributed by atoms with van der Waals surface area (Å²) >= 11 is 0.863. The smallest absolute Gasteiger partial charge is 0.426 e. The van der Waals surface area contributed by atoms with Gasteiger partial charge in [-0.2, -0.15) is 4.90 Å². The van der Waals surface area contributed by atoms with Crippen LogP contribution in [0.15, 0.2) is 0 Å². The van der Waals surface area contributed by atoms with E-state index >= 15 is 0 Å². The first-order valence-electron chi connectivity index (χ1n) is 8.16. The molecule has 0 aromatic carbocycles. The summed E-state index contributed by atoms with van der Waals surface area (Å²) in [7, 11) is 0. The first-order valence-corrected chi connectivity index (χ1v) is 8.97. The van der Waals surface area contributed by atoms with E-state index in [9.17, 15) is 14.4 Å². The Bertz CT molecular complexity index is 656. The summed E-state index contributed by atoms with van der Waals surface area (Å²) in [5.41, 5.74) is -1.30. The minimum atomic E-state index is -0.934. The molecule has 9 heteroatoms. The molecule has 0 aliphatic heterocycles. The summed E-state index contributed by atoms with van der Waals surface area (Å²) < 4.78 is 15.5. The van der Waals surface area contributed by atoms with Gasteiger partial charge in [-0.3, -0.25) is 0 Å². The molecule has 1 heterocycles. The number of imide groups is 1. The molecule has 0 aliphatic carbocycles. The molecule has 0 unspecified atom stereocenters. The maximum atomic E-state index is 12.6. The Labute approximate surface area is 157 Å². The predicted octanol–water partition coefficient (Wildman–Crippen LogP) is 4.30. The molecule has 26 heavy (non-hydrogen) atoms. The van der Waals surface area contributed by atoms with Gasteiger partial charge in [0.05, 0.1) is 12.3 Å². The number of aryl methyl sites for hydroxylation is 1. The van der Waals surface area contributed by atoms with Gasteiger partial charge in [-0.15, -0.1) is 0 Å². The van der Waals surface area contributed by atoms with Crippen LogP contribution in [0.4, 0.5) is 14.7 Å². The lowest BCUT2D eigenvalue weighted by Gasteiger charge is -2.27. The van der Waals surface area contributed by atoms with Crippen molar-refractivity contribution in [2.24, 2.45) is 0 Å². The van der Waals surface area contributed by atoms with Gasteiger partial charge in [0.25, 0.3) is 0 Å². The first-order chi connectivity index (χ1) is 11.7. The lowest BCUT2D eigenvalue weighted by Crippen LogP contribution is -2.43. The molecular formula is C17H26N2O6S. The number of rotatable bonds is 3. The van der Waals surface area contributed by atoms with Gasteiger partial charge in [0.15, 0.2) is 0 Å². The number of nitrogens with zero attached hydrogens (tertiary/aromatic N) is 2. The van der Waals surface area contributed by atoms with Crippen LogP contribution in [0.5, 0.6) is 0 Å². The van der Waals surface area contributed by atoms with E-state index in [0.717, 1.165) is 11.3 Å². The second kappa shape index (κ2) is 8.03. The maximum absolute atomic E-state index is 12.6. The average Bonchev–Trinajstić information content (AvgIpc) is 2.76. The summed E-state index contributed by atoms with van der Waals surface area (Å²) in [4.78, 5) is 42.2.